The van der Waals surface area contributed by atoms with Gasteiger partial charge in [0, 0.05) is 30.5 Å². The molecule has 146 valence electrons. The minimum absolute atomic E-state index is 0.452. The second-order valence-corrected chi connectivity index (χ2v) is 7.89. The Labute approximate surface area is 174 Å². The van der Waals surface area contributed by atoms with Crippen LogP contribution in [-0.2, 0) is 25.8 Å². The first-order valence-electron chi connectivity index (χ1n) is 9.95. The van der Waals surface area contributed by atoms with Gasteiger partial charge in [-0.1, -0.05) is 48.5 Å². The van der Waals surface area contributed by atoms with Gasteiger partial charge >= 0.3 is 0 Å². The molecule has 1 atom stereocenters. The summed E-state index contributed by atoms with van der Waals surface area (Å²) in [5, 5.41) is 14.1. The molecular formula is C22H22N6S. The maximum absolute atomic E-state index is 5.79. The monoisotopic (exact) mass is 402 g/mol. The number of fused-ring (bicyclic) bond motifs is 1. The Morgan fingerprint density at radius 3 is 2.66 bits per heavy atom. The fourth-order valence-corrected chi connectivity index (χ4v) is 4.51. The number of rotatable bonds is 5. The van der Waals surface area contributed by atoms with Gasteiger partial charge in [-0.25, -0.2) is 0 Å². The number of tetrazole rings is 1. The van der Waals surface area contributed by atoms with Crippen molar-refractivity contribution < 1.29 is 0 Å². The normalized spacial score (nSPS) is 15.9. The van der Waals surface area contributed by atoms with Gasteiger partial charge in [-0.2, -0.15) is 5.21 Å². The molecule has 5 rings (SSSR count). The molecule has 1 unspecified atom stereocenters. The molecule has 0 bridgehead atoms. The lowest BCUT2D eigenvalue weighted by molar-refractivity contribution is 0.432. The third-order valence-corrected chi connectivity index (χ3v) is 6.23. The summed E-state index contributed by atoms with van der Waals surface area (Å²) >= 11 is 5.79. The summed E-state index contributed by atoms with van der Waals surface area (Å²) in [6.45, 7) is 0.872. The summed E-state index contributed by atoms with van der Waals surface area (Å²) in [5.41, 5.74) is 5.17. The lowest BCUT2D eigenvalue weighted by Gasteiger charge is -2.25. The minimum Gasteiger partial charge on any atom is -0.323 e. The number of benzene rings is 2. The average Bonchev–Trinajstić information content (AvgIpc) is 3.43. The summed E-state index contributed by atoms with van der Waals surface area (Å²) in [6.07, 6.45) is 8.54. The Bertz CT molecular complexity index is 1160. The zero-order valence-electron chi connectivity index (χ0n) is 16.0. The molecule has 1 aliphatic rings. The number of hydrogen-bond acceptors (Lipinski definition) is 4. The summed E-state index contributed by atoms with van der Waals surface area (Å²) in [7, 11) is 0. The van der Waals surface area contributed by atoms with E-state index in [0.29, 0.717) is 11.9 Å². The Morgan fingerprint density at radius 1 is 1.03 bits per heavy atom. The molecule has 2 aromatic carbocycles. The van der Waals surface area contributed by atoms with E-state index in [4.69, 9.17) is 12.2 Å². The third kappa shape index (κ3) is 3.65. The van der Waals surface area contributed by atoms with Gasteiger partial charge in [0.2, 0.25) is 5.82 Å². The molecule has 7 heteroatoms. The zero-order valence-corrected chi connectivity index (χ0v) is 16.8. The predicted octanol–water partition coefficient (Wildman–Crippen LogP) is 4.17. The van der Waals surface area contributed by atoms with Gasteiger partial charge < -0.3 is 9.13 Å². The highest BCUT2D eigenvalue weighted by Crippen LogP contribution is 2.29. The fraction of sp³-hybridized carbons (Fsp3) is 0.273. The van der Waals surface area contributed by atoms with Crippen LogP contribution in [0.5, 0.6) is 0 Å². The lowest BCUT2D eigenvalue weighted by Crippen LogP contribution is -2.18. The van der Waals surface area contributed by atoms with Crippen LogP contribution in [0, 0.1) is 4.77 Å². The number of imidazole rings is 1. The standard InChI is InChI=1S/C22H22N6S/c29-22-27(12-11-16-5-7-18(8-6-16)21-23-25-26-24-21)13-14-28(22)20-10-9-17-3-1-2-4-19(17)15-20/h1-8,13-14,20H,9-12,15H2,(H,23,24,25,26). The summed E-state index contributed by atoms with van der Waals surface area (Å²) in [5.74, 6) is 0.616. The number of nitrogens with one attached hydrogen (secondary N) is 1. The van der Waals surface area contributed by atoms with Crippen molar-refractivity contribution in [2.75, 3.05) is 0 Å². The zero-order chi connectivity index (χ0) is 19.6. The molecular weight excluding hydrogens is 380 g/mol. The Kier molecular flexibility index (Phi) is 4.81. The molecule has 29 heavy (non-hydrogen) atoms. The van der Waals surface area contributed by atoms with Gasteiger partial charge in [-0.05, 0) is 59.8 Å². The fourth-order valence-electron chi connectivity index (χ4n) is 4.15. The van der Waals surface area contributed by atoms with Crippen LogP contribution in [0.1, 0.15) is 29.2 Å². The Morgan fingerprint density at radius 2 is 1.86 bits per heavy atom. The first-order valence-corrected chi connectivity index (χ1v) is 10.4. The number of nitrogens with zero attached hydrogens (tertiary/aromatic N) is 5. The SMILES string of the molecule is S=c1n(CCc2ccc(-c3nn[nH]n3)cc2)ccn1C1CCc2ccccc2C1. The van der Waals surface area contributed by atoms with Crippen LogP contribution in [0.3, 0.4) is 0 Å². The van der Waals surface area contributed by atoms with Crippen molar-refractivity contribution in [3.63, 3.8) is 0 Å². The maximum atomic E-state index is 5.79. The first-order chi connectivity index (χ1) is 14.3. The van der Waals surface area contributed by atoms with E-state index in [1.807, 2.05) is 12.1 Å². The number of hydrogen-bond donors (Lipinski definition) is 1. The van der Waals surface area contributed by atoms with Gasteiger partial charge in [-0.15, -0.1) is 10.2 Å². The number of H-pyrrole nitrogens is 1. The van der Waals surface area contributed by atoms with E-state index >= 15 is 0 Å². The van der Waals surface area contributed by atoms with Crippen LogP contribution >= 0.6 is 12.2 Å². The Balaban J connectivity index is 1.26. The number of aromatic amines is 1. The first kappa shape index (κ1) is 18.0. The smallest absolute Gasteiger partial charge is 0.204 e. The van der Waals surface area contributed by atoms with E-state index in [9.17, 15) is 0 Å². The second-order valence-electron chi connectivity index (χ2n) is 7.53. The average molecular weight is 403 g/mol. The van der Waals surface area contributed by atoms with Crippen molar-refractivity contribution in [3.8, 4) is 11.4 Å². The van der Waals surface area contributed by atoms with Crippen molar-refractivity contribution >= 4 is 12.2 Å². The van der Waals surface area contributed by atoms with Gasteiger partial charge in [0.15, 0.2) is 4.77 Å². The van der Waals surface area contributed by atoms with Crippen LogP contribution < -0.4 is 0 Å². The molecule has 6 nitrogen and oxygen atoms in total. The summed E-state index contributed by atoms with van der Waals surface area (Å²) < 4.78 is 5.38. The quantitative estimate of drug-likeness (QED) is 0.509. The van der Waals surface area contributed by atoms with Crippen LogP contribution in [0.15, 0.2) is 60.9 Å². The highest BCUT2D eigenvalue weighted by molar-refractivity contribution is 7.71. The van der Waals surface area contributed by atoms with E-state index in [1.165, 1.54) is 16.7 Å². The van der Waals surface area contributed by atoms with Gasteiger partial charge in [0.1, 0.15) is 0 Å². The molecule has 0 saturated carbocycles. The van der Waals surface area contributed by atoms with Gasteiger partial charge in [0.05, 0.1) is 0 Å². The van der Waals surface area contributed by atoms with Crippen molar-refractivity contribution in [2.24, 2.45) is 0 Å². The molecule has 2 aromatic heterocycles. The molecule has 0 fully saturated rings. The van der Waals surface area contributed by atoms with E-state index in [1.54, 1.807) is 0 Å². The summed E-state index contributed by atoms with van der Waals surface area (Å²) in [6, 6.07) is 17.5. The van der Waals surface area contributed by atoms with Gasteiger partial charge in [-0.3, -0.25) is 0 Å². The molecule has 4 aromatic rings. The molecule has 0 saturated heterocycles. The van der Waals surface area contributed by atoms with E-state index in [0.717, 1.165) is 42.6 Å². The van der Waals surface area contributed by atoms with Crippen molar-refractivity contribution in [3.05, 3.63) is 82.4 Å². The van der Waals surface area contributed by atoms with Crippen LogP contribution in [0.2, 0.25) is 0 Å². The lowest BCUT2D eigenvalue weighted by atomic mass is 9.88. The van der Waals surface area contributed by atoms with E-state index in [2.05, 4.69) is 78.6 Å². The molecule has 0 aliphatic heterocycles. The topological polar surface area (TPSA) is 64.3 Å². The van der Waals surface area contributed by atoms with Gasteiger partial charge in [0.25, 0.3) is 0 Å². The molecule has 0 amide bonds. The minimum atomic E-state index is 0.452. The van der Waals surface area contributed by atoms with Crippen molar-refractivity contribution in [1.29, 1.82) is 0 Å². The highest BCUT2D eigenvalue weighted by Gasteiger charge is 2.20. The third-order valence-electron chi connectivity index (χ3n) is 5.79. The van der Waals surface area contributed by atoms with Crippen LogP contribution in [-0.4, -0.2) is 29.8 Å². The molecule has 1 N–H and O–H groups in total. The number of aromatic nitrogens is 6. The largest absolute Gasteiger partial charge is 0.323 e. The molecule has 1 aliphatic carbocycles. The second kappa shape index (κ2) is 7.75. The Hall–Kier alpha value is -3.06. The van der Waals surface area contributed by atoms with E-state index < -0.39 is 0 Å². The molecule has 2 heterocycles. The molecule has 0 radical (unpaired) electrons. The molecule has 0 spiro atoms. The number of aryl methyl sites for hydroxylation is 3. The van der Waals surface area contributed by atoms with Crippen LogP contribution in [0.4, 0.5) is 0 Å². The summed E-state index contributed by atoms with van der Waals surface area (Å²) in [4.78, 5) is 0. The maximum Gasteiger partial charge on any atom is 0.204 e. The van der Waals surface area contributed by atoms with Crippen LogP contribution in [0.25, 0.3) is 11.4 Å². The highest BCUT2D eigenvalue weighted by atomic mass is 32.1. The van der Waals surface area contributed by atoms with Crippen molar-refractivity contribution in [1.82, 2.24) is 29.8 Å². The van der Waals surface area contributed by atoms with Crippen molar-refractivity contribution in [2.45, 2.75) is 38.3 Å². The van der Waals surface area contributed by atoms with E-state index in [-0.39, 0.29) is 0 Å². The predicted molar refractivity (Wildman–Crippen MR) is 114 cm³/mol.